The Hall–Kier alpha value is -3.63. The van der Waals surface area contributed by atoms with Gasteiger partial charge in [-0.2, -0.15) is 0 Å². The van der Waals surface area contributed by atoms with Gasteiger partial charge in [-0.15, -0.1) is 0 Å². The van der Waals surface area contributed by atoms with E-state index >= 15 is 0 Å². The number of alkyl carbamates (subject to hydrolysis) is 1. The Balaban J connectivity index is 1.45. The molecule has 9 nitrogen and oxygen atoms in total. The Morgan fingerprint density at radius 3 is 2.44 bits per heavy atom. The number of amides is 1. The number of carbonyl (C=O) groups excluding carboxylic acids is 1. The number of hydrogen-bond donors (Lipinski definition) is 2. The van der Waals surface area contributed by atoms with Gasteiger partial charge in [-0.3, -0.25) is 0 Å². The molecule has 2 aromatic carbocycles. The van der Waals surface area contributed by atoms with E-state index in [4.69, 9.17) is 21.3 Å². The molecule has 1 amide bonds. The average molecular weight is 596 g/mol. The molecule has 0 bridgehead atoms. The first-order valence-electron chi connectivity index (χ1n) is 13.5. The first-order chi connectivity index (χ1) is 19.3. The molecule has 1 aliphatic carbocycles. The van der Waals surface area contributed by atoms with Crippen molar-refractivity contribution in [1.82, 2.24) is 19.3 Å². The zero-order valence-corrected chi connectivity index (χ0v) is 25.3. The standard InChI is InChI=1S/C30H34ClN5O4S/c1-18-10-14-22(15-11-18)41(38,39)36-19(2)26(23-8-6-7-9-25(23)36)27-24(31)17-32-28(35-27)33-20-12-13-21(16-20)34-29(37)40-30(3,4)5/h6-11,14-15,17,20-21H,12-13,16H2,1-5H3,(H,34,37)(H,32,33,35)/t20-,21+/m0/s1. The summed E-state index contributed by atoms with van der Waals surface area (Å²) in [6.45, 7) is 9.17. The number of carbonyl (C=O) groups is 1. The smallest absolute Gasteiger partial charge is 0.407 e. The highest BCUT2D eigenvalue weighted by Crippen LogP contribution is 2.39. The number of benzene rings is 2. The number of ether oxygens (including phenoxy) is 1. The average Bonchev–Trinajstić information content (AvgIpc) is 3.45. The lowest BCUT2D eigenvalue weighted by Gasteiger charge is -2.21. The van der Waals surface area contributed by atoms with Crippen molar-refractivity contribution in [3.8, 4) is 11.3 Å². The van der Waals surface area contributed by atoms with Crippen LogP contribution in [0.15, 0.2) is 59.6 Å². The number of fused-ring (bicyclic) bond motifs is 1. The molecule has 2 N–H and O–H groups in total. The molecule has 0 aliphatic heterocycles. The largest absolute Gasteiger partial charge is 0.444 e. The molecule has 1 saturated carbocycles. The van der Waals surface area contributed by atoms with Gasteiger partial charge in [0.15, 0.2) is 0 Å². The molecule has 2 aromatic heterocycles. The Kier molecular flexibility index (Phi) is 7.74. The van der Waals surface area contributed by atoms with E-state index in [1.54, 1.807) is 37.3 Å². The second kappa shape index (κ2) is 11.0. The fourth-order valence-corrected chi connectivity index (χ4v) is 7.02. The minimum atomic E-state index is -3.90. The van der Waals surface area contributed by atoms with Crippen molar-refractivity contribution < 1.29 is 17.9 Å². The summed E-state index contributed by atoms with van der Waals surface area (Å²) < 4.78 is 34.4. The highest BCUT2D eigenvalue weighted by molar-refractivity contribution is 7.90. The molecule has 216 valence electrons. The molecule has 0 radical (unpaired) electrons. The van der Waals surface area contributed by atoms with Crippen molar-refractivity contribution in [1.29, 1.82) is 0 Å². The van der Waals surface area contributed by atoms with Crippen LogP contribution in [-0.4, -0.2) is 46.1 Å². The van der Waals surface area contributed by atoms with Gasteiger partial charge in [-0.05, 0) is 72.1 Å². The fraction of sp³-hybridized carbons (Fsp3) is 0.367. The number of anilines is 1. The number of aryl methyl sites for hydroxylation is 1. The minimum Gasteiger partial charge on any atom is -0.444 e. The van der Waals surface area contributed by atoms with Crippen LogP contribution < -0.4 is 10.6 Å². The van der Waals surface area contributed by atoms with Gasteiger partial charge in [0.05, 0.1) is 27.3 Å². The predicted molar refractivity (Wildman–Crippen MR) is 161 cm³/mol. The van der Waals surface area contributed by atoms with Gasteiger partial charge in [0.1, 0.15) is 5.60 Å². The van der Waals surface area contributed by atoms with Crippen molar-refractivity contribution in [3.63, 3.8) is 0 Å². The van der Waals surface area contributed by atoms with Gasteiger partial charge >= 0.3 is 6.09 Å². The summed E-state index contributed by atoms with van der Waals surface area (Å²) in [5.74, 6) is 0.380. The summed E-state index contributed by atoms with van der Waals surface area (Å²) >= 11 is 6.64. The van der Waals surface area contributed by atoms with Gasteiger partial charge < -0.3 is 15.4 Å². The number of nitrogens with zero attached hydrogens (tertiary/aromatic N) is 3. The van der Waals surface area contributed by atoms with Gasteiger partial charge in [0, 0.05) is 28.7 Å². The number of hydrogen-bond acceptors (Lipinski definition) is 7. The molecule has 1 fully saturated rings. The van der Waals surface area contributed by atoms with Crippen LogP contribution in [0.3, 0.4) is 0 Å². The third kappa shape index (κ3) is 6.04. The number of para-hydroxylation sites is 1. The van der Waals surface area contributed by atoms with Crippen LogP contribution >= 0.6 is 11.6 Å². The number of nitrogens with one attached hydrogen (secondary N) is 2. The third-order valence-electron chi connectivity index (χ3n) is 7.09. The van der Waals surface area contributed by atoms with Crippen molar-refractivity contribution in [2.75, 3.05) is 5.32 Å². The van der Waals surface area contributed by atoms with Crippen molar-refractivity contribution >= 4 is 44.6 Å². The Labute approximate surface area is 245 Å². The first kappa shape index (κ1) is 28.9. The van der Waals surface area contributed by atoms with Crippen LogP contribution in [0.1, 0.15) is 51.3 Å². The van der Waals surface area contributed by atoms with Crippen molar-refractivity contribution in [2.45, 2.75) is 76.5 Å². The van der Waals surface area contributed by atoms with E-state index in [0.717, 1.165) is 23.8 Å². The zero-order chi connectivity index (χ0) is 29.5. The summed E-state index contributed by atoms with van der Waals surface area (Å²) in [7, 11) is -3.90. The Bertz CT molecular complexity index is 1710. The molecule has 2 atom stereocenters. The topological polar surface area (TPSA) is 115 Å². The van der Waals surface area contributed by atoms with Crippen LogP contribution in [0.5, 0.6) is 0 Å². The van der Waals surface area contributed by atoms with Crippen LogP contribution in [0.2, 0.25) is 5.02 Å². The predicted octanol–water partition coefficient (Wildman–Crippen LogP) is 6.46. The fourth-order valence-electron chi connectivity index (χ4n) is 5.28. The third-order valence-corrected chi connectivity index (χ3v) is 9.18. The number of aromatic nitrogens is 3. The summed E-state index contributed by atoms with van der Waals surface area (Å²) in [5.41, 5.74) is 2.52. The lowest BCUT2D eigenvalue weighted by atomic mass is 10.1. The molecule has 1 aliphatic rings. The molecule has 0 saturated heterocycles. The summed E-state index contributed by atoms with van der Waals surface area (Å²) in [6.07, 6.45) is 3.39. The molecule has 11 heteroatoms. The molecular weight excluding hydrogens is 562 g/mol. The quantitative estimate of drug-likeness (QED) is 0.263. The molecule has 41 heavy (non-hydrogen) atoms. The van der Waals surface area contributed by atoms with E-state index in [-0.39, 0.29) is 17.0 Å². The molecule has 2 heterocycles. The van der Waals surface area contributed by atoms with E-state index in [2.05, 4.69) is 15.6 Å². The number of rotatable bonds is 6. The maximum atomic E-state index is 13.8. The first-order valence-corrected chi connectivity index (χ1v) is 15.4. The zero-order valence-electron chi connectivity index (χ0n) is 23.7. The highest BCUT2D eigenvalue weighted by Gasteiger charge is 2.30. The van der Waals surface area contributed by atoms with Gasteiger partial charge in [-0.25, -0.2) is 27.2 Å². The molecular formula is C30H34ClN5O4S. The Morgan fingerprint density at radius 2 is 1.73 bits per heavy atom. The van der Waals surface area contributed by atoms with E-state index in [0.29, 0.717) is 39.9 Å². The molecule has 0 spiro atoms. The summed E-state index contributed by atoms with van der Waals surface area (Å²) in [5, 5.41) is 7.33. The molecule has 4 aromatic rings. The van der Waals surface area contributed by atoms with Gasteiger partial charge in [0.2, 0.25) is 5.95 Å². The number of halogens is 1. The lowest BCUT2D eigenvalue weighted by Crippen LogP contribution is -2.38. The van der Waals surface area contributed by atoms with Crippen molar-refractivity contribution in [2.24, 2.45) is 0 Å². The van der Waals surface area contributed by atoms with Crippen LogP contribution in [0, 0.1) is 13.8 Å². The van der Waals surface area contributed by atoms with Crippen molar-refractivity contribution in [3.05, 3.63) is 71.0 Å². The highest BCUT2D eigenvalue weighted by atomic mass is 35.5. The van der Waals surface area contributed by atoms with E-state index < -0.39 is 21.7 Å². The van der Waals surface area contributed by atoms with Gasteiger partial charge in [0.25, 0.3) is 10.0 Å². The summed E-state index contributed by atoms with van der Waals surface area (Å²) in [6, 6.07) is 14.1. The SMILES string of the molecule is Cc1ccc(S(=O)(=O)n2c(C)c(-c3nc(N[C@H]4CC[C@@H](NC(=O)OC(C)(C)C)C4)ncc3Cl)c3ccccc32)cc1. The second-order valence-corrected chi connectivity index (χ2v) is 13.6. The monoisotopic (exact) mass is 595 g/mol. The van der Waals surface area contributed by atoms with Crippen LogP contribution in [0.4, 0.5) is 10.7 Å². The molecule has 5 rings (SSSR count). The van der Waals surface area contributed by atoms with E-state index in [9.17, 15) is 13.2 Å². The Morgan fingerprint density at radius 1 is 1.05 bits per heavy atom. The van der Waals surface area contributed by atoms with Crippen LogP contribution in [-0.2, 0) is 14.8 Å². The maximum absolute atomic E-state index is 13.8. The normalized spacial score (nSPS) is 17.5. The molecule has 0 unspecified atom stereocenters. The van der Waals surface area contributed by atoms with E-state index in [1.165, 1.54) is 10.2 Å². The minimum absolute atomic E-state index is 0.0266. The van der Waals surface area contributed by atoms with E-state index in [1.807, 2.05) is 45.9 Å². The maximum Gasteiger partial charge on any atom is 0.407 e. The summed E-state index contributed by atoms with van der Waals surface area (Å²) in [4.78, 5) is 21.5. The second-order valence-electron chi connectivity index (χ2n) is 11.4. The van der Waals surface area contributed by atoms with Crippen LogP contribution in [0.25, 0.3) is 22.2 Å². The lowest BCUT2D eigenvalue weighted by molar-refractivity contribution is 0.0505. The van der Waals surface area contributed by atoms with Gasteiger partial charge in [-0.1, -0.05) is 47.5 Å².